The normalized spacial score (nSPS) is 22.9. The van der Waals surface area contributed by atoms with E-state index in [1.54, 1.807) is 20.8 Å². The van der Waals surface area contributed by atoms with Crippen LogP contribution in [-0.2, 0) is 9.84 Å². The quantitative estimate of drug-likeness (QED) is 0.787. The lowest BCUT2D eigenvalue weighted by atomic mass is 10.2. The molecule has 0 amide bonds. The molecule has 5 heteroatoms. The van der Waals surface area contributed by atoms with Gasteiger partial charge in [-0.2, -0.15) is 0 Å². The van der Waals surface area contributed by atoms with Crippen molar-refractivity contribution in [3.63, 3.8) is 0 Å². The number of likely N-dealkylation sites (N-methyl/N-ethyl adjacent to an activating group) is 1. The van der Waals surface area contributed by atoms with Crippen LogP contribution in [-0.4, -0.2) is 56.5 Å². The summed E-state index contributed by atoms with van der Waals surface area (Å²) in [6.45, 7) is 7.94. The van der Waals surface area contributed by atoms with Gasteiger partial charge in [0.1, 0.15) is 0 Å². The van der Waals surface area contributed by atoms with Gasteiger partial charge in [0, 0.05) is 19.1 Å². The Hall–Kier alpha value is -0.130. The maximum Gasteiger partial charge on any atom is 0.156 e. The standard InChI is InChI=1S/C11H24N2O2S/c1-11(2,3)16(14,15)8-7-13(4)10-5-6-12-9-10/h10,12H,5-9H2,1-4H3. The zero-order chi connectivity index (χ0) is 12.4. The molecular weight excluding hydrogens is 224 g/mol. The summed E-state index contributed by atoms with van der Waals surface area (Å²) >= 11 is 0. The lowest BCUT2D eigenvalue weighted by Gasteiger charge is -2.25. The lowest BCUT2D eigenvalue weighted by Crippen LogP contribution is -2.40. The molecule has 1 rings (SSSR count). The van der Waals surface area contributed by atoms with Gasteiger partial charge >= 0.3 is 0 Å². The van der Waals surface area contributed by atoms with Crippen LogP contribution in [0.25, 0.3) is 0 Å². The van der Waals surface area contributed by atoms with Crippen LogP contribution in [0.2, 0.25) is 0 Å². The molecule has 0 spiro atoms. The molecule has 1 aliphatic rings. The van der Waals surface area contributed by atoms with Crippen molar-refractivity contribution in [2.75, 3.05) is 32.4 Å². The zero-order valence-corrected chi connectivity index (χ0v) is 11.6. The summed E-state index contributed by atoms with van der Waals surface area (Å²) in [6.07, 6.45) is 1.12. The number of rotatable bonds is 4. The molecule has 96 valence electrons. The third-order valence-corrected chi connectivity index (χ3v) is 5.89. The number of nitrogens with one attached hydrogen (secondary N) is 1. The molecule has 0 aliphatic carbocycles. The van der Waals surface area contributed by atoms with Crippen molar-refractivity contribution in [2.45, 2.75) is 38.0 Å². The topological polar surface area (TPSA) is 49.4 Å². The number of hydrogen-bond donors (Lipinski definition) is 1. The van der Waals surface area contributed by atoms with Gasteiger partial charge in [-0.25, -0.2) is 8.42 Å². The van der Waals surface area contributed by atoms with Crippen LogP contribution in [0.3, 0.4) is 0 Å². The summed E-state index contributed by atoms with van der Waals surface area (Å²) < 4.78 is 23.2. The Kier molecular flexibility index (Phi) is 4.37. The van der Waals surface area contributed by atoms with Crippen LogP contribution in [0, 0.1) is 0 Å². The molecule has 1 atom stereocenters. The third kappa shape index (κ3) is 3.43. The Morgan fingerprint density at radius 3 is 2.44 bits per heavy atom. The van der Waals surface area contributed by atoms with Crippen LogP contribution < -0.4 is 5.32 Å². The largest absolute Gasteiger partial charge is 0.315 e. The Bertz CT molecular complexity index is 313. The minimum absolute atomic E-state index is 0.253. The first kappa shape index (κ1) is 13.9. The van der Waals surface area contributed by atoms with Gasteiger partial charge in [-0.05, 0) is 40.8 Å². The van der Waals surface area contributed by atoms with Gasteiger partial charge in [0.05, 0.1) is 10.5 Å². The van der Waals surface area contributed by atoms with Gasteiger partial charge in [-0.15, -0.1) is 0 Å². The molecule has 0 aromatic carbocycles. The molecule has 0 aromatic rings. The molecule has 0 bridgehead atoms. The van der Waals surface area contributed by atoms with Crippen LogP contribution >= 0.6 is 0 Å². The fourth-order valence-corrected chi connectivity index (χ4v) is 2.91. The van der Waals surface area contributed by atoms with E-state index in [0.29, 0.717) is 12.6 Å². The summed E-state index contributed by atoms with van der Waals surface area (Å²) in [5.41, 5.74) is 0. The van der Waals surface area contributed by atoms with E-state index in [1.165, 1.54) is 0 Å². The number of hydrogen-bond acceptors (Lipinski definition) is 4. The van der Waals surface area contributed by atoms with Gasteiger partial charge in [-0.3, -0.25) is 0 Å². The molecule has 4 nitrogen and oxygen atoms in total. The molecule has 0 saturated carbocycles. The van der Waals surface area contributed by atoms with Crippen molar-refractivity contribution >= 4 is 9.84 Å². The van der Waals surface area contributed by atoms with Crippen molar-refractivity contribution in [1.82, 2.24) is 10.2 Å². The van der Waals surface area contributed by atoms with E-state index in [4.69, 9.17) is 0 Å². The highest BCUT2D eigenvalue weighted by molar-refractivity contribution is 7.92. The van der Waals surface area contributed by atoms with Gasteiger partial charge in [0.25, 0.3) is 0 Å². The second-order valence-electron chi connectivity index (χ2n) is 5.56. The SMILES string of the molecule is CN(CCS(=O)(=O)C(C)(C)C)C1CCNC1. The molecular formula is C11H24N2O2S. The Labute approximate surface area is 99.3 Å². The average Bonchev–Trinajstić information content (AvgIpc) is 2.65. The first-order chi connectivity index (χ1) is 7.24. The minimum atomic E-state index is -2.98. The van der Waals surface area contributed by atoms with Crippen molar-refractivity contribution in [1.29, 1.82) is 0 Å². The van der Waals surface area contributed by atoms with E-state index < -0.39 is 14.6 Å². The molecule has 1 heterocycles. The Balaban J connectivity index is 2.45. The van der Waals surface area contributed by atoms with Crippen molar-refractivity contribution in [3.8, 4) is 0 Å². The third-order valence-electron chi connectivity index (χ3n) is 3.30. The molecule has 1 N–H and O–H groups in total. The number of nitrogens with zero attached hydrogens (tertiary/aromatic N) is 1. The minimum Gasteiger partial charge on any atom is -0.315 e. The summed E-state index contributed by atoms with van der Waals surface area (Å²) in [6, 6.07) is 0.496. The van der Waals surface area contributed by atoms with Gasteiger partial charge in [0.15, 0.2) is 9.84 Å². The predicted octanol–water partition coefficient (Wildman–Crippen LogP) is 0.493. The van der Waals surface area contributed by atoms with Gasteiger partial charge in [0.2, 0.25) is 0 Å². The van der Waals surface area contributed by atoms with Gasteiger partial charge in [-0.1, -0.05) is 0 Å². The first-order valence-corrected chi connectivity index (χ1v) is 7.52. The molecule has 16 heavy (non-hydrogen) atoms. The van der Waals surface area contributed by atoms with Crippen LogP contribution in [0.15, 0.2) is 0 Å². The number of sulfone groups is 1. The molecule has 1 fully saturated rings. The average molecular weight is 248 g/mol. The fourth-order valence-electron chi connectivity index (χ4n) is 1.77. The monoisotopic (exact) mass is 248 g/mol. The first-order valence-electron chi connectivity index (χ1n) is 5.87. The molecule has 0 aromatic heterocycles. The highest BCUT2D eigenvalue weighted by atomic mass is 32.2. The van der Waals surface area contributed by atoms with E-state index in [9.17, 15) is 8.42 Å². The smallest absolute Gasteiger partial charge is 0.156 e. The van der Waals surface area contributed by atoms with Crippen molar-refractivity contribution in [2.24, 2.45) is 0 Å². The van der Waals surface area contributed by atoms with E-state index in [0.717, 1.165) is 19.5 Å². The van der Waals surface area contributed by atoms with Crippen molar-refractivity contribution in [3.05, 3.63) is 0 Å². The second-order valence-corrected chi connectivity index (χ2v) is 8.42. The lowest BCUT2D eigenvalue weighted by molar-refractivity contribution is 0.271. The van der Waals surface area contributed by atoms with Crippen LogP contribution in [0.4, 0.5) is 0 Å². The zero-order valence-electron chi connectivity index (χ0n) is 10.8. The van der Waals surface area contributed by atoms with Crippen LogP contribution in [0.1, 0.15) is 27.2 Å². The molecule has 1 aliphatic heterocycles. The van der Waals surface area contributed by atoms with E-state index in [-0.39, 0.29) is 5.75 Å². The highest BCUT2D eigenvalue weighted by Gasteiger charge is 2.29. The van der Waals surface area contributed by atoms with Crippen molar-refractivity contribution < 1.29 is 8.42 Å². The van der Waals surface area contributed by atoms with Gasteiger partial charge < -0.3 is 10.2 Å². The van der Waals surface area contributed by atoms with E-state index in [1.807, 2.05) is 7.05 Å². The summed E-state index contributed by atoms with van der Waals surface area (Å²) in [7, 11) is -0.975. The summed E-state index contributed by atoms with van der Waals surface area (Å²) in [5.74, 6) is 0.253. The fraction of sp³-hybridized carbons (Fsp3) is 1.00. The molecule has 1 saturated heterocycles. The predicted molar refractivity (Wildman–Crippen MR) is 67.4 cm³/mol. The van der Waals surface area contributed by atoms with Crippen LogP contribution in [0.5, 0.6) is 0 Å². The maximum atomic E-state index is 11.9. The summed E-state index contributed by atoms with van der Waals surface area (Å²) in [5, 5.41) is 3.29. The Morgan fingerprint density at radius 2 is 2.00 bits per heavy atom. The van der Waals surface area contributed by atoms with E-state index in [2.05, 4.69) is 10.2 Å². The molecule has 1 unspecified atom stereocenters. The maximum absolute atomic E-state index is 11.9. The highest BCUT2D eigenvalue weighted by Crippen LogP contribution is 2.16. The van der Waals surface area contributed by atoms with E-state index >= 15 is 0 Å². The Morgan fingerprint density at radius 1 is 1.38 bits per heavy atom. The molecule has 0 radical (unpaired) electrons. The second kappa shape index (κ2) is 5.02. The summed E-state index contributed by atoms with van der Waals surface area (Å²) in [4.78, 5) is 2.16.